The summed E-state index contributed by atoms with van der Waals surface area (Å²) in [5.41, 5.74) is 2.75. The van der Waals surface area contributed by atoms with Gasteiger partial charge in [-0.05, 0) is 42.2 Å². The number of rotatable bonds is 6. The number of para-hydroxylation sites is 1. The van der Waals surface area contributed by atoms with Crippen LogP contribution < -0.4 is 10.6 Å². The van der Waals surface area contributed by atoms with Crippen LogP contribution in [0.4, 0.5) is 5.69 Å². The highest BCUT2D eigenvalue weighted by Gasteiger charge is 2.13. The smallest absolute Gasteiger partial charge is 0.255 e. The summed E-state index contributed by atoms with van der Waals surface area (Å²) in [6.45, 7) is 6.83. The number of benzene rings is 2. The van der Waals surface area contributed by atoms with Crippen LogP contribution in [0, 0.1) is 0 Å². The van der Waals surface area contributed by atoms with E-state index in [0.29, 0.717) is 29.3 Å². The minimum absolute atomic E-state index is 0.178. The second-order valence-electron chi connectivity index (χ2n) is 6.03. The van der Waals surface area contributed by atoms with Crippen molar-refractivity contribution in [2.24, 2.45) is 0 Å². The van der Waals surface area contributed by atoms with Crippen molar-refractivity contribution in [3.8, 4) is 0 Å². The third kappa shape index (κ3) is 4.44. The Bertz CT molecular complexity index is 706. The SMILES string of the molecule is CCCNC(=O)c1ccccc1NC(=O)c1ccc(C(C)C)cc1. The maximum absolute atomic E-state index is 12.4. The molecule has 0 unspecified atom stereocenters. The van der Waals surface area contributed by atoms with Gasteiger partial charge in [0.25, 0.3) is 11.8 Å². The molecule has 2 aromatic rings. The Kier molecular flexibility index (Phi) is 6.13. The Morgan fingerprint density at radius 1 is 0.958 bits per heavy atom. The topological polar surface area (TPSA) is 58.2 Å². The fourth-order valence-electron chi connectivity index (χ4n) is 2.34. The van der Waals surface area contributed by atoms with Crippen LogP contribution >= 0.6 is 0 Å². The van der Waals surface area contributed by atoms with E-state index in [4.69, 9.17) is 0 Å². The summed E-state index contributed by atoms with van der Waals surface area (Å²) in [6, 6.07) is 14.6. The van der Waals surface area contributed by atoms with Crippen molar-refractivity contribution in [1.29, 1.82) is 0 Å². The predicted molar refractivity (Wildman–Crippen MR) is 97.6 cm³/mol. The first kappa shape index (κ1) is 17.7. The van der Waals surface area contributed by atoms with E-state index in [1.165, 1.54) is 5.56 Å². The minimum atomic E-state index is -0.221. The molecule has 24 heavy (non-hydrogen) atoms. The van der Waals surface area contributed by atoms with Gasteiger partial charge in [-0.15, -0.1) is 0 Å². The zero-order chi connectivity index (χ0) is 17.5. The number of nitrogens with one attached hydrogen (secondary N) is 2. The summed E-state index contributed by atoms with van der Waals surface area (Å²) >= 11 is 0. The molecule has 0 aliphatic carbocycles. The number of amides is 2. The summed E-state index contributed by atoms with van der Waals surface area (Å²) in [7, 11) is 0. The normalized spacial score (nSPS) is 10.5. The average molecular weight is 324 g/mol. The summed E-state index contributed by atoms with van der Waals surface area (Å²) in [6.07, 6.45) is 0.864. The fraction of sp³-hybridized carbons (Fsp3) is 0.300. The van der Waals surface area contributed by atoms with E-state index in [9.17, 15) is 9.59 Å². The molecule has 0 fully saturated rings. The number of carbonyl (C=O) groups excluding carboxylic acids is 2. The molecule has 0 atom stereocenters. The third-order valence-electron chi connectivity index (χ3n) is 3.79. The fourth-order valence-corrected chi connectivity index (χ4v) is 2.34. The van der Waals surface area contributed by atoms with Gasteiger partial charge in [0.05, 0.1) is 11.3 Å². The quantitative estimate of drug-likeness (QED) is 0.836. The molecule has 0 aromatic heterocycles. The van der Waals surface area contributed by atoms with Gasteiger partial charge in [0.1, 0.15) is 0 Å². The molecule has 4 heteroatoms. The lowest BCUT2D eigenvalue weighted by Crippen LogP contribution is -2.25. The molecule has 0 saturated heterocycles. The van der Waals surface area contributed by atoms with Crippen molar-refractivity contribution in [3.05, 3.63) is 65.2 Å². The van der Waals surface area contributed by atoms with Crippen LogP contribution in [0.15, 0.2) is 48.5 Å². The van der Waals surface area contributed by atoms with Gasteiger partial charge in [0.15, 0.2) is 0 Å². The summed E-state index contributed by atoms with van der Waals surface area (Å²) in [4.78, 5) is 24.6. The van der Waals surface area contributed by atoms with Crippen LogP contribution in [0.3, 0.4) is 0 Å². The van der Waals surface area contributed by atoms with Crippen LogP contribution in [-0.4, -0.2) is 18.4 Å². The predicted octanol–water partition coefficient (Wildman–Crippen LogP) is 4.20. The zero-order valence-corrected chi connectivity index (χ0v) is 14.4. The Hall–Kier alpha value is -2.62. The lowest BCUT2D eigenvalue weighted by atomic mass is 10.0. The second kappa shape index (κ2) is 8.29. The van der Waals surface area contributed by atoms with E-state index in [0.717, 1.165) is 6.42 Å². The largest absolute Gasteiger partial charge is 0.352 e. The Balaban J connectivity index is 2.15. The van der Waals surface area contributed by atoms with Crippen molar-refractivity contribution in [2.75, 3.05) is 11.9 Å². The summed E-state index contributed by atoms with van der Waals surface area (Å²) in [5.74, 6) is 0.0223. The summed E-state index contributed by atoms with van der Waals surface area (Å²) < 4.78 is 0. The van der Waals surface area contributed by atoms with E-state index in [1.54, 1.807) is 24.3 Å². The van der Waals surface area contributed by atoms with Gasteiger partial charge in [-0.3, -0.25) is 9.59 Å². The van der Waals surface area contributed by atoms with Gasteiger partial charge in [0, 0.05) is 12.1 Å². The Morgan fingerprint density at radius 2 is 1.62 bits per heavy atom. The maximum Gasteiger partial charge on any atom is 0.255 e. The molecule has 4 nitrogen and oxygen atoms in total. The van der Waals surface area contributed by atoms with Gasteiger partial charge in [0.2, 0.25) is 0 Å². The first-order chi connectivity index (χ1) is 11.5. The van der Waals surface area contributed by atoms with Crippen LogP contribution in [0.2, 0.25) is 0 Å². The molecule has 0 spiro atoms. The molecule has 2 N–H and O–H groups in total. The van der Waals surface area contributed by atoms with E-state index in [1.807, 2.05) is 31.2 Å². The third-order valence-corrected chi connectivity index (χ3v) is 3.79. The van der Waals surface area contributed by atoms with Crippen LogP contribution in [-0.2, 0) is 0 Å². The Morgan fingerprint density at radius 3 is 2.25 bits per heavy atom. The maximum atomic E-state index is 12.4. The zero-order valence-electron chi connectivity index (χ0n) is 14.4. The molecule has 0 heterocycles. The molecule has 0 aliphatic rings. The van der Waals surface area contributed by atoms with Crippen LogP contribution in [0.5, 0.6) is 0 Å². The van der Waals surface area contributed by atoms with E-state index in [2.05, 4.69) is 24.5 Å². The van der Waals surface area contributed by atoms with Gasteiger partial charge < -0.3 is 10.6 Å². The molecule has 0 radical (unpaired) electrons. The Labute approximate surface area is 143 Å². The molecule has 2 rings (SSSR count). The lowest BCUT2D eigenvalue weighted by molar-refractivity contribution is 0.0954. The van der Waals surface area contributed by atoms with Crippen LogP contribution in [0.1, 0.15) is 59.4 Å². The van der Waals surface area contributed by atoms with Crippen molar-refractivity contribution < 1.29 is 9.59 Å². The molecule has 0 bridgehead atoms. The first-order valence-electron chi connectivity index (χ1n) is 8.31. The van der Waals surface area contributed by atoms with E-state index in [-0.39, 0.29) is 11.8 Å². The van der Waals surface area contributed by atoms with Crippen molar-refractivity contribution in [2.45, 2.75) is 33.1 Å². The van der Waals surface area contributed by atoms with Crippen molar-refractivity contribution >= 4 is 17.5 Å². The van der Waals surface area contributed by atoms with E-state index < -0.39 is 0 Å². The molecule has 0 saturated carbocycles. The number of hydrogen-bond donors (Lipinski definition) is 2. The summed E-state index contributed by atoms with van der Waals surface area (Å²) in [5, 5.41) is 5.66. The molecule has 2 amide bonds. The minimum Gasteiger partial charge on any atom is -0.352 e. The molecular weight excluding hydrogens is 300 g/mol. The number of hydrogen-bond acceptors (Lipinski definition) is 2. The van der Waals surface area contributed by atoms with Gasteiger partial charge in [-0.2, -0.15) is 0 Å². The monoisotopic (exact) mass is 324 g/mol. The molecule has 0 aliphatic heterocycles. The lowest BCUT2D eigenvalue weighted by Gasteiger charge is -2.12. The van der Waals surface area contributed by atoms with Crippen LogP contribution in [0.25, 0.3) is 0 Å². The second-order valence-corrected chi connectivity index (χ2v) is 6.03. The standard InChI is InChI=1S/C20H24N2O2/c1-4-13-21-20(24)17-7-5-6-8-18(17)22-19(23)16-11-9-15(10-12-16)14(2)3/h5-12,14H,4,13H2,1-3H3,(H,21,24)(H,22,23). The highest BCUT2D eigenvalue weighted by Crippen LogP contribution is 2.18. The average Bonchev–Trinajstić information content (AvgIpc) is 2.60. The molecule has 2 aromatic carbocycles. The highest BCUT2D eigenvalue weighted by molar-refractivity contribution is 6.09. The number of carbonyl (C=O) groups is 2. The molecular formula is C20H24N2O2. The van der Waals surface area contributed by atoms with E-state index >= 15 is 0 Å². The van der Waals surface area contributed by atoms with Gasteiger partial charge in [-0.1, -0.05) is 45.0 Å². The first-order valence-corrected chi connectivity index (χ1v) is 8.31. The van der Waals surface area contributed by atoms with Gasteiger partial charge in [-0.25, -0.2) is 0 Å². The van der Waals surface area contributed by atoms with Crippen molar-refractivity contribution in [1.82, 2.24) is 5.32 Å². The van der Waals surface area contributed by atoms with Crippen molar-refractivity contribution in [3.63, 3.8) is 0 Å². The molecule has 126 valence electrons. The van der Waals surface area contributed by atoms with Gasteiger partial charge >= 0.3 is 0 Å². The highest BCUT2D eigenvalue weighted by atomic mass is 16.2. The number of anilines is 1.